The highest BCUT2D eigenvalue weighted by Gasteiger charge is 2.14. The number of benzene rings is 2. The number of hydrogen-bond acceptors (Lipinski definition) is 4. The van der Waals surface area contributed by atoms with Crippen LogP contribution in [0.2, 0.25) is 0 Å². The van der Waals surface area contributed by atoms with Crippen molar-refractivity contribution in [2.75, 3.05) is 12.4 Å². The van der Waals surface area contributed by atoms with Crippen molar-refractivity contribution in [3.63, 3.8) is 0 Å². The molecule has 0 aliphatic rings. The summed E-state index contributed by atoms with van der Waals surface area (Å²) in [5, 5.41) is 12.8. The Morgan fingerprint density at radius 2 is 1.93 bits per heavy atom. The minimum absolute atomic E-state index is 0.00845. The molecule has 7 heteroatoms. The van der Waals surface area contributed by atoms with Crippen LogP contribution in [0.1, 0.15) is 5.56 Å². The molecule has 0 aliphatic carbocycles. The Hall–Kier alpha value is -3.92. The lowest BCUT2D eigenvalue weighted by molar-refractivity contribution is -0.141. The molecule has 1 N–H and O–H groups in total. The third-order valence-electron chi connectivity index (χ3n) is 4.11. The summed E-state index contributed by atoms with van der Waals surface area (Å²) in [6.45, 7) is 0.00845. The van der Waals surface area contributed by atoms with E-state index < -0.39 is 17.7 Å². The molecule has 0 aliphatic heterocycles. The van der Waals surface area contributed by atoms with E-state index in [9.17, 15) is 19.2 Å². The van der Waals surface area contributed by atoms with Gasteiger partial charge in [-0.25, -0.2) is 4.39 Å². The fourth-order valence-corrected chi connectivity index (χ4v) is 2.76. The molecule has 0 saturated heterocycles. The Bertz CT molecular complexity index is 1110. The summed E-state index contributed by atoms with van der Waals surface area (Å²) >= 11 is 0. The summed E-state index contributed by atoms with van der Waals surface area (Å²) in [7, 11) is 1.31. The first-order chi connectivity index (χ1) is 13.5. The zero-order valence-corrected chi connectivity index (χ0v) is 15.0. The number of rotatable bonds is 5. The Labute approximate surface area is 160 Å². The molecule has 0 unspecified atom stereocenters. The number of aromatic nitrogens is 1. The van der Waals surface area contributed by atoms with Gasteiger partial charge in [-0.15, -0.1) is 0 Å². The van der Waals surface area contributed by atoms with Crippen molar-refractivity contribution in [3.05, 3.63) is 71.7 Å². The van der Waals surface area contributed by atoms with Gasteiger partial charge in [-0.2, -0.15) is 5.26 Å². The number of nitrogens with zero attached hydrogens (tertiary/aromatic N) is 2. The highest BCUT2D eigenvalue weighted by atomic mass is 19.1. The van der Waals surface area contributed by atoms with Gasteiger partial charge >= 0.3 is 5.97 Å². The first-order valence-electron chi connectivity index (χ1n) is 8.35. The molecular weight excluding hydrogens is 361 g/mol. The summed E-state index contributed by atoms with van der Waals surface area (Å²) in [5.74, 6) is -1.45. The maximum Gasteiger partial charge on any atom is 0.325 e. The molecule has 3 rings (SSSR count). The minimum atomic E-state index is -0.612. The lowest BCUT2D eigenvalue weighted by Gasteiger charge is -2.03. The number of nitrogens with one attached hydrogen (secondary N) is 1. The molecular formula is C21H16FN3O3. The van der Waals surface area contributed by atoms with E-state index in [4.69, 9.17) is 4.74 Å². The number of carbonyl (C=O) groups is 2. The van der Waals surface area contributed by atoms with Gasteiger partial charge in [0, 0.05) is 28.4 Å². The van der Waals surface area contributed by atoms with Crippen molar-refractivity contribution in [2.24, 2.45) is 0 Å². The van der Waals surface area contributed by atoms with Crippen LogP contribution in [0.3, 0.4) is 0 Å². The predicted molar refractivity (Wildman–Crippen MR) is 103 cm³/mol. The summed E-state index contributed by atoms with van der Waals surface area (Å²) < 4.78 is 19.4. The van der Waals surface area contributed by atoms with E-state index in [-0.39, 0.29) is 12.1 Å². The molecule has 0 saturated carbocycles. The average molecular weight is 377 g/mol. The lowest BCUT2D eigenvalue weighted by Crippen LogP contribution is -2.13. The molecule has 0 radical (unpaired) electrons. The second-order valence-corrected chi connectivity index (χ2v) is 5.94. The smallest absolute Gasteiger partial charge is 0.325 e. The molecule has 0 spiro atoms. The zero-order valence-electron chi connectivity index (χ0n) is 15.0. The van der Waals surface area contributed by atoms with Crippen LogP contribution in [-0.2, 0) is 20.9 Å². The van der Waals surface area contributed by atoms with Gasteiger partial charge in [-0.1, -0.05) is 18.2 Å². The van der Waals surface area contributed by atoms with E-state index >= 15 is 0 Å². The van der Waals surface area contributed by atoms with Gasteiger partial charge in [-0.3, -0.25) is 9.59 Å². The van der Waals surface area contributed by atoms with Gasteiger partial charge in [-0.05, 0) is 36.4 Å². The predicted octanol–water partition coefficient (Wildman–Crippen LogP) is 3.50. The van der Waals surface area contributed by atoms with Gasteiger partial charge in [0.2, 0.25) is 0 Å². The van der Waals surface area contributed by atoms with E-state index in [0.717, 1.165) is 10.9 Å². The van der Waals surface area contributed by atoms with Gasteiger partial charge in [0.15, 0.2) is 0 Å². The topological polar surface area (TPSA) is 84.1 Å². The Morgan fingerprint density at radius 1 is 1.21 bits per heavy atom. The van der Waals surface area contributed by atoms with E-state index in [1.807, 2.05) is 30.3 Å². The van der Waals surface area contributed by atoms with E-state index in [1.165, 1.54) is 37.5 Å². The Balaban J connectivity index is 1.94. The maximum absolute atomic E-state index is 13.0. The van der Waals surface area contributed by atoms with Gasteiger partial charge < -0.3 is 14.6 Å². The number of amides is 1. The van der Waals surface area contributed by atoms with Gasteiger partial charge in [0.25, 0.3) is 5.91 Å². The van der Waals surface area contributed by atoms with Crippen molar-refractivity contribution in [2.45, 2.75) is 6.54 Å². The normalized spacial score (nSPS) is 11.1. The highest BCUT2D eigenvalue weighted by Crippen LogP contribution is 2.24. The number of hydrogen-bond donors (Lipinski definition) is 1. The van der Waals surface area contributed by atoms with Crippen LogP contribution >= 0.6 is 0 Å². The second kappa shape index (κ2) is 8.18. The molecule has 6 nitrogen and oxygen atoms in total. The van der Waals surface area contributed by atoms with Crippen LogP contribution < -0.4 is 5.32 Å². The molecule has 2 aromatic carbocycles. The minimum Gasteiger partial charge on any atom is -0.468 e. The summed E-state index contributed by atoms with van der Waals surface area (Å²) in [5.41, 5.74) is 1.65. The van der Waals surface area contributed by atoms with Crippen LogP contribution in [0.15, 0.2) is 60.3 Å². The van der Waals surface area contributed by atoms with Crippen molar-refractivity contribution >= 4 is 34.5 Å². The number of anilines is 1. The largest absolute Gasteiger partial charge is 0.468 e. The molecule has 1 aromatic heterocycles. The van der Waals surface area contributed by atoms with E-state index in [2.05, 4.69) is 5.32 Å². The Morgan fingerprint density at radius 3 is 2.61 bits per heavy atom. The van der Waals surface area contributed by atoms with Crippen molar-refractivity contribution in [1.82, 2.24) is 4.57 Å². The number of methoxy groups -OCH3 is 1. The number of ether oxygens (including phenoxy) is 1. The molecule has 3 aromatic rings. The van der Waals surface area contributed by atoms with Gasteiger partial charge in [0.05, 0.1) is 7.11 Å². The second-order valence-electron chi connectivity index (χ2n) is 5.94. The third-order valence-corrected chi connectivity index (χ3v) is 4.11. The Kier molecular flexibility index (Phi) is 5.51. The average Bonchev–Trinajstić information content (AvgIpc) is 3.05. The molecule has 1 amide bonds. The van der Waals surface area contributed by atoms with Crippen LogP contribution in [0.25, 0.3) is 17.0 Å². The van der Waals surface area contributed by atoms with Crippen molar-refractivity contribution in [1.29, 1.82) is 5.26 Å². The number of halogens is 1. The van der Waals surface area contributed by atoms with Crippen molar-refractivity contribution in [3.8, 4) is 6.07 Å². The van der Waals surface area contributed by atoms with Crippen LogP contribution in [-0.4, -0.2) is 23.6 Å². The number of para-hydroxylation sites is 1. The maximum atomic E-state index is 13.0. The molecule has 0 atom stereocenters. The molecule has 1 heterocycles. The number of esters is 1. The van der Waals surface area contributed by atoms with Gasteiger partial charge in [0.1, 0.15) is 24.0 Å². The van der Waals surface area contributed by atoms with Crippen LogP contribution in [0.5, 0.6) is 0 Å². The highest BCUT2D eigenvalue weighted by molar-refractivity contribution is 6.10. The lowest BCUT2D eigenvalue weighted by atomic mass is 10.1. The first-order valence-corrected chi connectivity index (χ1v) is 8.35. The van der Waals surface area contributed by atoms with Crippen LogP contribution in [0, 0.1) is 17.1 Å². The monoisotopic (exact) mass is 377 g/mol. The zero-order chi connectivity index (χ0) is 20.1. The van der Waals surface area contributed by atoms with E-state index in [0.29, 0.717) is 11.3 Å². The SMILES string of the molecule is COC(=O)Cn1cc(/C=C(\C#N)C(=O)Nc2ccc(F)cc2)c2ccccc21. The first kappa shape index (κ1) is 18.9. The molecule has 140 valence electrons. The molecule has 28 heavy (non-hydrogen) atoms. The van der Waals surface area contributed by atoms with E-state index in [1.54, 1.807) is 10.8 Å². The quantitative estimate of drug-likeness (QED) is 0.419. The van der Waals surface area contributed by atoms with Crippen LogP contribution in [0.4, 0.5) is 10.1 Å². The van der Waals surface area contributed by atoms with Crippen molar-refractivity contribution < 1.29 is 18.7 Å². The summed E-state index contributed by atoms with van der Waals surface area (Å²) in [4.78, 5) is 24.1. The summed E-state index contributed by atoms with van der Waals surface area (Å²) in [6.07, 6.45) is 3.14. The number of nitriles is 1. The molecule has 0 fully saturated rings. The fourth-order valence-electron chi connectivity index (χ4n) is 2.76. The summed E-state index contributed by atoms with van der Waals surface area (Å²) in [6, 6.07) is 14.4. The standard InChI is InChI=1S/C21H16FN3O3/c1-28-20(26)13-25-12-15(18-4-2-3-5-19(18)25)10-14(11-23)21(27)24-17-8-6-16(22)7-9-17/h2-10,12H,13H2,1H3,(H,24,27)/b14-10+. The molecule has 0 bridgehead atoms. The number of carbonyl (C=O) groups excluding carboxylic acids is 2. The third kappa shape index (κ3) is 4.07. The number of fused-ring (bicyclic) bond motifs is 1. The fraction of sp³-hybridized carbons (Fsp3) is 0.0952.